The third-order valence-electron chi connectivity index (χ3n) is 4.35. The standard InChI is InChI=1S/C18H17ClN4O5S/c19-16-7-6-13(10-17(16)23(25)26)12-20-21-18(24)14-4-3-5-15(11-14)29(27,28)22-8-1-2-9-22/h3-7,10-12H,1-2,8-9H2,(H,21,24)/b20-12+. The summed E-state index contributed by atoms with van der Waals surface area (Å²) in [5, 5.41) is 14.7. The van der Waals surface area contributed by atoms with Crippen LogP contribution in [0, 0.1) is 10.1 Å². The van der Waals surface area contributed by atoms with Crippen molar-refractivity contribution in [2.45, 2.75) is 17.7 Å². The molecule has 1 N–H and O–H groups in total. The molecular weight excluding hydrogens is 420 g/mol. The lowest BCUT2D eigenvalue weighted by Crippen LogP contribution is -2.28. The Balaban J connectivity index is 1.72. The highest BCUT2D eigenvalue weighted by Crippen LogP contribution is 2.24. The molecule has 9 nitrogen and oxygen atoms in total. The summed E-state index contributed by atoms with van der Waals surface area (Å²) in [6.45, 7) is 0.937. The van der Waals surface area contributed by atoms with Crippen LogP contribution in [-0.2, 0) is 10.0 Å². The number of nitrogens with zero attached hydrogens (tertiary/aromatic N) is 3. The Bertz CT molecular complexity index is 1080. The summed E-state index contributed by atoms with van der Waals surface area (Å²) < 4.78 is 26.6. The molecule has 29 heavy (non-hydrogen) atoms. The highest BCUT2D eigenvalue weighted by Gasteiger charge is 2.27. The molecule has 1 aliphatic rings. The van der Waals surface area contributed by atoms with Gasteiger partial charge in [0.05, 0.1) is 16.0 Å². The zero-order valence-corrected chi connectivity index (χ0v) is 16.7. The third-order valence-corrected chi connectivity index (χ3v) is 6.56. The first-order valence-electron chi connectivity index (χ1n) is 8.66. The summed E-state index contributed by atoms with van der Waals surface area (Å²) in [4.78, 5) is 22.6. The van der Waals surface area contributed by atoms with Gasteiger partial charge in [-0.2, -0.15) is 9.41 Å². The predicted molar refractivity (Wildman–Crippen MR) is 108 cm³/mol. The normalized spacial score (nSPS) is 14.9. The number of hydrazone groups is 1. The number of hydrogen-bond acceptors (Lipinski definition) is 6. The fraction of sp³-hybridized carbons (Fsp3) is 0.222. The van der Waals surface area contributed by atoms with Gasteiger partial charge in [0.2, 0.25) is 10.0 Å². The molecule has 0 aromatic heterocycles. The van der Waals surface area contributed by atoms with E-state index >= 15 is 0 Å². The summed E-state index contributed by atoms with van der Waals surface area (Å²) in [5.74, 6) is -0.608. The molecule has 0 atom stereocenters. The van der Waals surface area contributed by atoms with E-state index in [0.29, 0.717) is 18.7 Å². The van der Waals surface area contributed by atoms with E-state index in [1.165, 1.54) is 53.0 Å². The number of benzene rings is 2. The number of rotatable bonds is 6. The van der Waals surface area contributed by atoms with E-state index < -0.39 is 20.9 Å². The Hall–Kier alpha value is -2.82. The maximum absolute atomic E-state index is 12.6. The largest absolute Gasteiger partial charge is 0.288 e. The molecule has 2 aromatic carbocycles. The summed E-state index contributed by atoms with van der Waals surface area (Å²) >= 11 is 5.75. The molecule has 2 aromatic rings. The number of nitro groups is 1. The first-order valence-corrected chi connectivity index (χ1v) is 10.5. The lowest BCUT2D eigenvalue weighted by Gasteiger charge is -2.15. The average molecular weight is 437 g/mol. The van der Waals surface area contributed by atoms with E-state index in [-0.39, 0.29) is 21.2 Å². The third kappa shape index (κ3) is 4.78. The van der Waals surface area contributed by atoms with Gasteiger partial charge in [0, 0.05) is 30.3 Å². The summed E-state index contributed by atoms with van der Waals surface area (Å²) in [6, 6.07) is 9.79. The van der Waals surface area contributed by atoms with Gasteiger partial charge >= 0.3 is 0 Å². The molecule has 1 aliphatic heterocycles. The Morgan fingerprint density at radius 1 is 1.21 bits per heavy atom. The van der Waals surface area contributed by atoms with Crippen molar-refractivity contribution in [3.63, 3.8) is 0 Å². The Labute approximate surface area is 172 Å². The molecule has 3 rings (SSSR count). The molecule has 1 amide bonds. The second kappa shape index (κ2) is 8.68. The van der Waals surface area contributed by atoms with E-state index in [9.17, 15) is 23.3 Å². The second-order valence-electron chi connectivity index (χ2n) is 6.31. The summed E-state index contributed by atoms with van der Waals surface area (Å²) in [5.41, 5.74) is 2.50. The lowest BCUT2D eigenvalue weighted by molar-refractivity contribution is -0.384. The topological polar surface area (TPSA) is 122 Å². The van der Waals surface area contributed by atoms with E-state index in [1.54, 1.807) is 0 Å². The Morgan fingerprint density at radius 3 is 2.62 bits per heavy atom. The SMILES string of the molecule is O=C(N/N=C/c1ccc(Cl)c([N+](=O)[O-])c1)c1cccc(S(=O)(=O)N2CCCC2)c1. The van der Waals surface area contributed by atoms with Gasteiger partial charge in [-0.1, -0.05) is 23.7 Å². The molecule has 1 saturated heterocycles. The van der Waals surface area contributed by atoms with Crippen molar-refractivity contribution in [2.75, 3.05) is 13.1 Å². The zero-order chi connectivity index (χ0) is 21.0. The number of carbonyl (C=O) groups is 1. The smallest absolute Gasteiger partial charge is 0.267 e. The van der Waals surface area contributed by atoms with Crippen LogP contribution >= 0.6 is 11.6 Å². The molecule has 0 bridgehead atoms. The molecule has 0 radical (unpaired) electrons. The van der Waals surface area contributed by atoms with Crippen LogP contribution < -0.4 is 5.43 Å². The van der Waals surface area contributed by atoms with E-state index in [4.69, 9.17) is 11.6 Å². The number of halogens is 1. The van der Waals surface area contributed by atoms with Crippen molar-refractivity contribution in [3.05, 3.63) is 68.7 Å². The van der Waals surface area contributed by atoms with Crippen LogP contribution in [0.1, 0.15) is 28.8 Å². The monoisotopic (exact) mass is 436 g/mol. The van der Waals surface area contributed by atoms with Crippen molar-refractivity contribution in [3.8, 4) is 0 Å². The minimum atomic E-state index is -3.64. The van der Waals surface area contributed by atoms with E-state index in [0.717, 1.165) is 12.8 Å². The van der Waals surface area contributed by atoms with Crippen LogP contribution in [0.3, 0.4) is 0 Å². The van der Waals surface area contributed by atoms with Gasteiger partial charge in [0.15, 0.2) is 0 Å². The van der Waals surface area contributed by atoms with Crippen molar-refractivity contribution in [2.24, 2.45) is 5.10 Å². The molecule has 1 heterocycles. The van der Waals surface area contributed by atoms with Crippen LogP contribution in [0.25, 0.3) is 0 Å². The highest BCUT2D eigenvalue weighted by molar-refractivity contribution is 7.89. The minimum absolute atomic E-state index is 0.00721. The van der Waals surface area contributed by atoms with Gasteiger partial charge in [-0.15, -0.1) is 0 Å². The quantitative estimate of drug-likeness (QED) is 0.424. The molecule has 152 valence electrons. The number of nitrogens with one attached hydrogen (secondary N) is 1. The van der Waals surface area contributed by atoms with Crippen molar-refractivity contribution >= 4 is 39.4 Å². The zero-order valence-electron chi connectivity index (χ0n) is 15.1. The minimum Gasteiger partial charge on any atom is -0.267 e. The predicted octanol–water partition coefficient (Wildman–Crippen LogP) is 2.80. The number of carbonyl (C=O) groups excluding carboxylic acids is 1. The average Bonchev–Trinajstić information content (AvgIpc) is 3.25. The van der Waals surface area contributed by atoms with Crippen molar-refractivity contribution in [1.29, 1.82) is 0 Å². The molecule has 0 spiro atoms. The number of sulfonamides is 1. The van der Waals surface area contributed by atoms with Crippen LogP contribution in [-0.4, -0.2) is 42.9 Å². The van der Waals surface area contributed by atoms with E-state index in [2.05, 4.69) is 10.5 Å². The Kier molecular flexibility index (Phi) is 6.26. The maximum Gasteiger partial charge on any atom is 0.288 e. The van der Waals surface area contributed by atoms with Gasteiger partial charge in [-0.05, 0) is 37.1 Å². The van der Waals surface area contributed by atoms with Gasteiger partial charge in [0.1, 0.15) is 5.02 Å². The van der Waals surface area contributed by atoms with Crippen LogP contribution in [0.15, 0.2) is 52.5 Å². The number of hydrogen-bond donors (Lipinski definition) is 1. The van der Waals surface area contributed by atoms with Gasteiger partial charge in [-0.3, -0.25) is 14.9 Å². The van der Waals surface area contributed by atoms with Crippen molar-refractivity contribution < 1.29 is 18.1 Å². The highest BCUT2D eigenvalue weighted by atomic mass is 35.5. The van der Waals surface area contributed by atoms with Crippen LogP contribution in [0.5, 0.6) is 0 Å². The molecule has 0 saturated carbocycles. The van der Waals surface area contributed by atoms with Crippen LogP contribution in [0.4, 0.5) is 5.69 Å². The fourth-order valence-corrected chi connectivity index (χ4v) is 4.61. The molecule has 0 aliphatic carbocycles. The van der Waals surface area contributed by atoms with Crippen LogP contribution in [0.2, 0.25) is 5.02 Å². The summed E-state index contributed by atoms with van der Waals surface area (Å²) in [6.07, 6.45) is 2.86. The summed E-state index contributed by atoms with van der Waals surface area (Å²) in [7, 11) is -3.64. The van der Waals surface area contributed by atoms with Gasteiger partial charge in [-0.25, -0.2) is 13.8 Å². The molecule has 1 fully saturated rings. The first kappa shape index (κ1) is 20.9. The maximum atomic E-state index is 12.6. The lowest BCUT2D eigenvalue weighted by atomic mass is 10.2. The number of amides is 1. The second-order valence-corrected chi connectivity index (χ2v) is 8.65. The fourth-order valence-electron chi connectivity index (χ4n) is 2.86. The Morgan fingerprint density at radius 2 is 1.93 bits per heavy atom. The van der Waals surface area contributed by atoms with Crippen molar-refractivity contribution in [1.82, 2.24) is 9.73 Å². The van der Waals surface area contributed by atoms with Gasteiger partial charge < -0.3 is 0 Å². The molecule has 0 unspecified atom stereocenters. The molecular formula is C18H17ClN4O5S. The molecule has 11 heteroatoms. The first-order chi connectivity index (χ1) is 13.8. The van der Waals surface area contributed by atoms with E-state index in [1.807, 2.05) is 0 Å². The number of nitro benzene ring substituents is 1. The van der Waals surface area contributed by atoms with Gasteiger partial charge in [0.25, 0.3) is 11.6 Å².